The van der Waals surface area contributed by atoms with Crippen LogP contribution in [0.5, 0.6) is 0 Å². The third kappa shape index (κ3) is 6.53. The first-order chi connectivity index (χ1) is 13.8. The van der Waals surface area contributed by atoms with Crippen molar-refractivity contribution in [2.75, 3.05) is 27.7 Å². The van der Waals surface area contributed by atoms with Gasteiger partial charge in [-0.05, 0) is 31.0 Å². The molecule has 1 aliphatic carbocycles. The molecule has 0 bridgehead atoms. The van der Waals surface area contributed by atoms with Crippen molar-refractivity contribution in [3.8, 4) is 0 Å². The highest BCUT2D eigenvalue weighted by atomic mass is 127. The van der Waals surface area contributed by atoms with Crippen molar-refractivity contribution in [3.05, 3.63) is 29.8 Å². The lowest BCUT2D eigenvalue weighted by Gasteiger charge is -2.59. The summed E-state index contributed by atoms with van der Waals surface area (Å²) in [6, 6.07) is 6.36. The molecule has 0 radical (unpaired) electrons. The van der Waals surface area contributed by atoms with Crippen LogP contribution in [0.3, 0.4) is 0 Å². The molecule has 1 aliphatic rings. The lowest BCUT2D eigenvalue weighted by atomic mass is 9.56. The minimum Gasteiger partial charge on any atom is -0.378 e. The summed E-state index contributed by atoms with van der Waals surface area (Å²) >= 11 is 0. The van der Waals surface area contributed by atoms with Crippen LogP contribution in [-0.4, -0.2) is 64.6 Å². The summed E-state index contributed by atoms with van der Waals surface area (Å²) in [5.74, 6) is 0.438. The van der Waals surface area contributed by atoms with E-state index in [2.05, 4.69) is 36.4 Å². The first-order valence-corrected chi connectivity index (χ1v) is 11.3. The van der Waals surface area contributed by atoms with E-state index in [0.717, 1.165) is 12.0 Å². The van der Waals surface area contributed by atoms with Gasteiger partial charge in [0.1, 0.15) is 0 Å². The average Bonchev–Trinajstić information content (AvgIpc) is 2.68. The van der Waals surface area contributed by atoms with Crippen molar-refractivity contribution in [2.45, 2.75) is 50.3 Å². The van der Waals surface area contributed by atoms with Crippen LogP contribution in [0.4, 0.5) is 0 Å². The first-order valence-electron chi connectivity index (χ1n) is 9.72. The third-order valence-electron chi connectivity index (χ3n) is 6.17. The summed E-state index contributed by atoms with van der Waals surface area (Å²) in [5.41, 5.74) is 0.447. The van der Waals surface area contributed by atoms with Crippen LogP contribution >= 0.6 is 24.0 Å². The Bertz CT molecular complexity index is 903. The number of likely N-dealkylation sites (N-methyl/N-ethyl adjacent to an activating group) is 1. The number of hydrogen-bond donors (Lipinski definition) is 3. The molecule has 9 nitrogen and oxygen atoms in total. The molecule has 0 aromatic heterocycles. The number of amides is 1. The van der Waals surface area contributed by atoms with Gasteiger partial charge in [0.25, 0.3) is 0 Å². The lowest BCUT2D eigenvalue weighted by Crippen LogP contribution is -2.69. The molecule has 0 aliphatic heterocycles. The van der Waals surface area contributed by atoms with Crippen molar-refractivity contribution in [3.63, 3.8) is 0 Å². The fourth-order valence-corrected chi connectivity index (χ4v) is 3.83. The summed E-state index contributed by atoms with van der Waals surface area (Å²) < 4.78 is 28.5. The summed E-state index contributed by atoms with van der Waals surface area (Å²) in [6.07, 6.45) is 0.807. The fraction of sp³-hybridized carbons (Fsp3) is 0.600. The van der Waals surface area contributed by atoms with Gasteiger partial charge < -0.3 is 20.3 Å². The van der Waals surface area contributed by atoms with E-state index in [-0.39, 0.29) is 58.4 Å². The topological polar surface area (TPSA) is 126 Å². The van der Waals surface area contributed by atoms with Crippen molar-refractivity contribution >= 4 is 45.9 Å². The predicted molar refractivity (Wildman–Crippen MR) is 132 cm³/mol. The zero-order valence-electron chi connectivity index (χ0n) is 18.9. The largest absolute Gasteiger partial charge is 0.378 e. The maximum absolute atomic E-state index is 12.0. The molecule has 4 N–H and O–H groups in total. The Hall–Kier alpha value is -1.44. The number of aliphatic imine (C=N–C) groups is 1. The summed E-state index contributed by atoms with van der Waals surface area (Å²) in [5, 5.41) is 11.6. The Morgan fingerprint density at radius 3 is 2.29 bits per heavy atom. The van der Waals surface area contributed by atoms with Gasteiger partial charge in [0.2, 0.25) is 15.9 Å². The minimum atomic E-state index is -3.73. The van der Waals surface area contributed by atoms with Crippen LogP contribution in [0.15, 0.2) is 34.2 Å². The van der Waals surface area contributed by atoms with E-state index in [4.69, 9.17) is 9.88 Å². The second-order valence-electron chi connectivity index (χ2n) is 8.55. The first kappa shape index (κ1) is 27.6. The molecule has 2 unspecified atom stereocenters. The molecule has 1 aromatic rings. The molecular weight excluding hydrogens is 533 g/mol. The summed E-state index contributed by atoms with van der Waals surface area (Å²) in [7, 11) is 1.37. The Morgan fingerprint density at radius 2 is 1.84 bits per heavy atom. The predicted octanol–water partition coefficient (Wildman–Crippen LogP) is 1.28. The number of ether oxygens (including phenoxy) is 1. The summed E-state index contributed by atoms with van der Waals surface area (Å²) in [6.45, 7) is 6.76. The average molecular weight is 567 g/mol. The SMILES string of the molecule is COC1(C)CC(NC(=NCc2ccc(S(N)(=O)=O)cc2)NCC(=O)N(C)C)C1(C)C.I. The van der Waals surface area contributed by atoms with Crippen LogP contribution < -0.4 is 15.8 Å². The highest BCUT2D eigenvalue weighted by molar-refractivity contribution is 14.0. The molecule has 1 amide bonds. The Labute approximate surface area is 202 Å². The van der Waals surface area contributed by atoms with Crippen LogP contribution in [0.1, 0.15) is 32.8 Å². The molecule has 1 saturated carbocycles. The smallest absolute Gasteiger partial charge is 0.241 e. The highest BCUT2D eigenvalue weighted by Gasteiger charge is 2.58. The fourth-order valence-electron chi connectivity index (χ4n) is 3.31. The molecule has 0 heterocycles. The number of rotatable bonds is 7. The second kappa shape index (κ2) is 10.5. The molecule has 176 valence electrons. The number of guanidine groups is 1. The van der Waals surface area contributed by atoms with Gasteiger partial charge in [-0.25, -0.2) is 18.5 Å². The number of primary sulfonamides is 1. The quantitative estimate of drug-likeness (QED) is 0.259. The minimum absolute atomic E-state index is 0. The monoisotopic (exact) mass is 567 g/mol. The van der Waals surface area contributed by atoms with E-state index in [1.54, 1.807) is 33.3 Å². The number of methoxy groups -OCH3 is 1. The van der Waals surface area contributed by atoms with Crippen molar-refractivity contribution in [2.24, 2.45) is 15.5 Å². The number of halogens is 1. The zero-order valence-corrected chi connectivity index (χ0v) is 22.1. The molecule has 0 saturated heterocycles. The second-order valence-corrected chi connectivity index (χ2v) is 10.1. The molecule has 2 atom stereocenters. The van der Waals surface area contributed by atoms with Crippen LogP contribution in [0, 0.1) is 5.41 Å². The van der Waals surface area contributed by atoms with Gasteiger partial charge in [-0.15, -0.1) is 24.0 Å². The highest BCUT2D eigenvalue weighted by Crippen LogP contribution is 2.51. The maximum atomic E-state index is 12.0. The van der Waals surface area contributed by atoms with Crippen molar-refractivity contribution in [1.29, 1.82) is 0 Å². The van der Waals surface area contributed by atoms with E-state index in [9.17, 15) is 13.2 Å². The number of hydrogen-bond acceptors (Lipinski definition) is 5. The number of nitrogens with zero attached hydrogens (tertiary/aromatic N) is 2. The van der Waals surface area contributed by atoms with Crippen LogP contribution in [0.2, 0.25) is 0 Å². The van der Waals surface area contributed by atoms with E-state index in [0.29, 0.717) is 12.5 Å². The molecule has 1 fully saturated rings. The van der Waals surface area contributed by atoms with Gasteiger partial charge >= 0.3 is 0 Å². The molecule has 11 heteroatoms. The zero-order chi connectivity index (χ0) is 22.7. The Kier molecular flexibility index (Phi) is 9.30. The lowest BCUT2D eigenvalue weighted by molar-refractivity contribution is -0.176. The van der Waals surface area contributed by atoms with E-state index < -0.39 is 10.0 Å². The Balaban J connectivity index is 0.00000480. The molecule has 1 aromatic carbocycles. The van der Waals surface area contributed by atoms with Crippen molar-refractivity contribution < 1.29 is 17.9 Å². The van der Waals surface area contributed by atoms with Gasteiger partial charge in [-0.3, -0.25) is 4.79 Å². The Morgan fingerprint density at radius 1 is 1.26 bits per heavy atom. The number of nitrogens with two attached hydrogens (primary N) is 1. The number of carbonyl (C=O) groups excluding carboxylic acids is 1. The van der Waals surface area contributed by atoms with Crippen molar-refractivity contribution in [1.82, 2.24) is 15.5 Å². The third-order valence-corrected chi connectivity index (χ3v) is 7.10. The maximum Gasteiger partial charge on any atom is 0.241 e. The van der Waals surface area contributed by atoms with Gasteiger partial charge in [-0.1, -0.05) is 26.0 Å². The van der Waals surface area contributed by atoms with Crippen LogP contribution in [-0.2, 0) is 26.1 Å². The van der Waals surface area contributed by atoms with Gasteiger partial charge in [-0.2, -0.15) is 0 Å². The molecule has 0 spiro atoms. The van der Waals surface area contributed by atoms with E-state index in [1.807, 2.05) is 0 Å². The number of sulfonamides is 1. The van der Waals surface area contributed by atoms with Crippen LogP contribution in [0.25, 0.3) is 0 Å². The number of carbonyl (C=O) groups is 1. The molecule has 2 rings (SSSR count). The van der Waals surface area contributed by atoms with Gasteiger partial charge in [0.15, 0.2) is 5.96 Å². The molecular formula is C20H34IN5O4S. The van der Waals surface area contributed by atoms with E-state index in [1.165, 1.54) is 17.0 Å². The standard InChI is InChI=1S/C20H33N5O4S.HI/c1-19(2)16(11-20(19,3)29-6)24-18(23-13-17(26)25(4)5)22-12-14-7-9-15(10-8-14)30(21,27)28;/h7-10,16H,11-13H2,1-6H3,(H2,21,27,28)(H2,22,23,24);1H. The van der Waals surface area contributed by atoms with Gasteiger partial charge in [0.05, 0.1) is 23.6 Å². The van der Waals surface area contributed by atoms with E-state index >= 15 is 0 Å². The molecule has 31 heavy (non-hydrogen) atoms. The normalized spacial score (nSPS) is 22.7. The number of benzene rings is 1. The summed E-state index contributed by atoms with van der Waals surface area (Å²) in [4.78, 5) is 18.1. The number of nitrogens with one attached hydrogen (secondary N) is 2. The van der Waals surface area contributed by atoms with Gasteiger partial charge in [0, 0.05) is 32.7 Å².